The predicted molar refractivity (Wildman–Crippen MR) is 148 cm³/mol. The number of rotatable bonds is 13. The van der Waals surface area contributed by atoms with Gasteiger partial charge in [0.15, 0.2) is 0 Å². The Labute approximate surface area is 223 Å². The van der Waals surface area contributed by atoms with Crippen molar-refractivity contribution in [1.82, 2.24) is 9.88 Å². The van der Waals surface area contributed by atoms with Crippen molar-refractivity contribution in [3.05, 3.63) is 57.9 Å². The van der Waals surface area contributed by atoms with Gasteiger partial charge in [0.2, 0.25) is 0 Å². The second-order valence-electron chi connectivity index (χ2n) is 10.4. The van der Waals surface area contributed by atoms with Crippen molar-refractivity contribution in [3.8, 4) is 5.75 Å². The standard InChI is InChI=1S/C30H39FN2O3S/c1-21-14-18-37-29(21)5-3-4-16-33-17-13-22(23(20-33)7-11-30(34)35)6-9-27(31)25-12-15-32-28-10-8-24(36-2)19-26(25)28/h8,10,12,14-15,18-19,22-23,27H,3-7,9,11,13,16-17,20H2,1-2H3,(H,34,35)/t22?,23?,27-/m0/s1. The highest BCUT2D eigenvalue weighted by Gasteiger charge is 2.30. The van der Waals surface area contributed by atoms with E-state index >= 15 is 4.39 Å². The number of carbonyl (C=O) groups is 1. The molecule has 1 aliphatic heterocycles. The third-order valence-corrected chi connectivity index (χ3v) is 8.99. The van der Waals surface area contributed by atoms with Crippen LogP contribution in [-0.2, 0) is 11.2 Å². The van der Waals surface area contributed by atoms with Gasteiger partial charge in [-0.1, -0.05) is 0 Å². The first-order valence-corrected chi connectivity index (χ1v) is 14.4. The van der Waals surface area contributed by atoms with Crippen molar-refractivity contribution in [2.45, 2.75) is 64.5 Å². The zero-order valence-corrected chi connectivity index (χ0v) is 22.8. The van der Waals surface area contributed by atoms with Crippen molar-refractivity contribution in [3.63, 3.8) is 0 Å². The van der Waals surface area contributed by atoms with Gasteiger partial charge in [-0.05, 0) is 124 Å². The van der Waals surface area contributed by atoms with Gasteiger partial charge in [0.1, 0.15) is 11.9 Å². The molecule has 1 N–H and O–H groups in total. The van der Waals surface area contributed by atoms with E-state index in [4.69, 9.17) is 4.74 Å². The van der Waals surface area contributed by atoms with Crippen LogP contribution in [0.2, 0.25) is 0 Å². The molecule has 5 nitrogen and oxygen atoms in total. The number of likely N-dealkylation sites (tertiary alicyclic amines) is 1. The van der Waals surface area contributed by atoms with E-state index < -0.39 is 12.1 Å². The number of fused-ring (bicyclic) bond motifs is 1. The van der Waals surface area contributed by atoms with E-state index in [1.165, 1.54) is 16.9 Å². The maximum Gasteiger partial charge on any atom is 0.303 e. The minimum Gasteiger partial charge on any atom is -0.497 e. The lowest BCUT2D eigenvalue weighted by Crippen LogP contribution is -2.41. The van der Waals surface area contributed by atoms with Crippen LogP contribution in [0.15, 0.2) is 41.9 Å². The number of aryl methyl sites for hydroxylation is 2. The Morgan fingerprint density at radius 1 is 1.24 bits per heavy atom. The van der Waals surface area contributed by atoms with Crippen molar-refractivity contribution >= 4 is 28.2 Å². The van der Waals surface area contributed by atoms with Crippen LogP contribution in [0.25, 0.3) is 10.9 Å². The van der Waals surface area contributed by atoms with Gasteiger partial charge in [-0.2, -0.15) is 0 Å². The molecule has 1 saturated heterocycles. The van der Waals surface area contributed by atoms with Crippen LogP contribution in [0.4, 0.5) is 4.39 Å². The maximum atomic E-state index is 15.6. The molecule has 2 unspecified atom stereocenters. The lowest BCUT2D eigenvalue weighted by atomic mass is 9.79. The molecule has 1 aromatic carbocycles. The third-order valence-electron chi connectivity index (χ3n) is 7.91. The van der Waals surface area contributed by atoms with Gasteiger partial charge in [0.25, 0.3) is 0 Å². The average molecular weight is 527 g/mol. The number of benzene rings is 1. The minimum atomic E-state index is -1.09. The summed E-state index contributed by atoms with van der Waals surface area (Å²) >= 11 is 1.84. The molecule has 1 fully saturated rings. The van der Waals surface area contributed by atoms with Gasteiger partial charge in [-0.15, -0.1) is 11.3 Å². The number of nitrogens with zero attached hydrogens (tertiary/aromatic N) is 2. The van der Waals surface area contributed by atoms with Crippen LogP contribution in [0.3, 0.4) is 0 Å². The second kappa shape index (κ2) is 13.3. The van der Waals surface area contributed by atoms with Crippen molar-refractivity contribution in [1.29, 1.82) is 0 Å². The number of thiophene rings is 1. The molecule has 3 heterocycles. The molecule has 2 aromatic heterocycles. The molecular weight excluding hydrogens is 487 g/mol. The van der Waals surface area contributed by atoms with E-state index in [1.54, 1.807) is 19.4 Å². The Bertz CT molecular complexity index is 1170. The number of aliphatic carboxylic acids is 1. The second-order valence-corrected chi connectivity index (χ2v) is 11.4. The molecule has 4 rings (SSSR count). The van der Waals surface area contributed by atoms with Crippen LogP contribution < -0.4 is 4.74 Å². The highest BCUT2D eigenvalue weighted by atomic mass is 32.1. The number of pyridine rings is 1. The number of piperidine rings is 1. The molecule has 0 bridgehead atoms. The Balaban J connectivity index is 1.32. The molecule has 7 heteroatoms. The number of ether oxygens (including phenoxy) is 1. The van der Waals surface area contributed by atoms with Crippen LogP contribution in [0.5, 0.6) is 5.75 Å². The number of hydrogen-bond donors (Lipinski definition) is 1. The molecule has 37 heavy (non-hydrogen) atoms. The largest absolute Gasteiger partial charge is 0.497 e. The van der Waals surface area contributed by atoms with E-state index in [-0.39, 0.29) is 6.42 Å². The molecule has 0 saturated carbocycles. The number of unbranched alkanes of at least 4 members (excludes halogenated alkanes) is 1. The molecule has 0 aliphatic carbocycles. The highest BCUT2D eigenvalue weighted by molar-refractivity contribution is 7.10. The lowest BCUT2D eigenvalue weighted by Gasteiger charge is -2.39. The smallest absolute Gasteiger partial charge is 0.303 e. The van der Waals surface area contributed by atoms with Crippen molar-refractivity contribution in [2.75, 3.05) is 26.7 Å². The van der Waals surface area contributed by atoms with E-state index in [0.29, 0.717) is 36.0 Å². The summed E-state index contributed by atoms with van der Waals surface area (Å²) < 4.78 is 20.9. The first kappa shape index (κ1) is 27.5. The summed E-state index contributed by atoms with van der Waals surface area (Å²) in [7, 11) is 1.61. The van der Waals surface area contributed by atoms with Crippen LogP contribution in [0, 0.1) is 18.8 Å². The highest BCUT2D eigenvalue weighted by Crippen LogP contribution is 2.36. The Kier molecular flexibility index (Phi) is 9.92. The first-order chi connectivity index (χ1) is 17.9. The monoisotopic (exact) mass is 526 g/mol. The molecule has 3 aromatic rings. The lowest BCUT2D eigenvalue weighted by molar-refractivity contribution is -0.137. The average Bonchev–Trinajstić information content (AvgIpc) is 3.32. The van der Waals surface area contributed by atoms with Gasteiger partial charge in [-0.25, -0.2) is 4.39 Å². The summed E-state index contributed by atoms with van der Waals surface area (Å²) in [5, 5.41) is 12.3. The summed E-state index contributed by atoms with van der Waals surface area (Å²) in [6.07, 6.45) is 7.10. The Morgan fingerprint density at radius 2 is 2.11 bits per heavy atom. The number of alkyl halides is 1. The van der Waals surface area contributed by atoms with Gasteiger partial charge in [-0.3, -0.25) is 9.78 Å². The fraction of sp³-hybridized carbons (Fsp3) is 0.533. The van der Waals surface area contributed by atoms with E-state index in [9.17, 15) is 9.90 Å². The topological polar surface area (TPSA) is 62.7 Å². The molecule has 3 atom stereocenters. The molecular formula is C30H39FN2O3S. The SMILES string of the molecule is COc1ccc2nccc([C@@H](F)CCC3CCN(CCCCc4sccc4C)CC3CCC(=O)O)c2c1. The summed E-state index contributed by atoms with van der Waals surface area (Å²) in [6.45, 7) is 5.16. The molecule has 200 valence electrons. The summed E-state index contributed by atoms with van der Waals surface area (Å²) in [5.41, 5.74) is 2.82. The Morgan fingerprint density at radius 3 is 2.86 bits per heavy atom. The molecule has 0 radical (unpaired) electrons. The van der Waals surface area contributed by atoms with Crippen LogP contribution in [-0.4, -0.2) is 47.7 Å². The minimum absolute atomic E-state index is 0.181. The molecule has 0 spiro atoms. The third kappa shape index (κ3) is 7.51. The predicted octanol–water partition coefficient (Wildman–Crippen LogP) is 7.23. The van der Waals surface area contributed by atoms with E-state index in [2.05, 4.69) is 28.3 Å². The number of aromatic nitrogens is 1. The number of halogens is 1. The van der Waals surface area contributed by atoms with Crippen LogP contribution >= 0.6 is 11.3 Å². The van der Waals surface area contributed by atoms with Gasteiger partial charge in [0.05, 0.1) is 12.6 Å². The normalized spacial score (nSPS) is 19.2. The molecule has 0 amide bonds. The number of carboxylic acids is 1. The fourth-order valence-electron chi connectivity index (χ4n) is 5.72. The quantitative estimate of drug-likeness (QED) is 0.238. The van der Waals surface area contributed by atoms with Gasteiger partial charge >= 0.3 is 5.97 Å². The number of methoxy groups -OCH3 is 1. The van der Waals surface area contributed by atoms with Crippen molar-refractivity contribution in [2.24, 2.45) is 11.8 Å². The van der Waals surface area contributed by atoms with E-state index in [0.717, 1.165) is 56.2 Å². The maximum absolute atomic E-state index is 15.6. The first-order valence-electron chi connectivity index (χ1n) is 13.5. The summed E-state index contributed by atoms with van der Waals surface area (Å²) in [4.78, 5) is 19.7. The molecule has 1 aliphatic rings. The summed E-state index contributed by atoms with van der Waals surface area (Å²) in [5.74, 6) is 0.597. The van der Waals surface area contributed by atoms with Gasteiger partial charge < -0.3 is 14.7 Å². The van der Waals surface area contributed by atoms with Crippen LogP contribution in [0.1, 0.15) is 67.1 Å². The Hall–Kier alpha value is -2.51. The number of carboxylic acid groups (broad SMARTS) is 1. The summed E-state index contributed by atoms with van der Waals surface area (Å²) in [6, 6.07) is 9.53. The van der Waals surface area contributed by atoms with E-state index in [1.807, 2.05) is 29.5 Å². The zero-order valence-electron chi connectivity index (χ0n) is 22.0. The fourth-order valence-corrected chi connectivity index (χ4v) is 6.67. The van der Waals surface area contributed by atoms with Crippen molar-refractivity contribution < 1.29 is 19.0 Å². The number of hydrogen-bond acceptors (Lipinski definition) is 5. The zero-order chi connectivity index (χ0) is 26.2. The van der Waals surface area contributed by atoms with Gasteiger partial charge in [0, 0.05) is 29.4 Å².